The molecule has 0 aromatic rings. The number of halogens is 3. The maximum atomic E-state index is 12.7. The van der Waals surface area contributed by atoms with E-state index in [1.807, 2.05) is 0 Å². The van der Waals surface area contributed by atoms with E-state index in [-0.39, 0.29) is 0 Å². The average molecular weight is 314 g/mol. The number of hydrogen-bond donors (Lipinski definition) is 4. The first-order valence-corrected chi connectivity index (χ1v) is 5.97. The molecule has 2 saturated heterocycles. The van der Waals surface area contributed by atoms with Crippen molar-refractivity contribution in [1.82, 2.24) is 10.2 Å². The number of carbonyl (C=O) groups excluding carboxylic acids is 2. The summed E-state index contributed by atoms with van der Waals surface area (Å²) < 4.78 is 43.1. The monoisotopic (exact) mass is 314 g/mol. The standard InChI is InChI=1S/C10H13F3N2O6/c11-10(12,13)3-1-15(9(20)14-7(3)19)8-6(18)5(17)4(2-16)21-8/h3-6,8,16-18H,1-2H2,(H,14,19,20)/t3?,4-,5-,6-,8-/m1/s1. The Kier molecular flexibility index (Phi) is 4.10. The van der Waals surface area contributed by atoms with Gasteiger partial charge in [0.25, 0.3) is 0 Å². The summed E-state index contributed by atoms with van der Waals surface area (Å²) in [7, 11) is 0. The van der Waals surface area contributed by atoms with E-state index in [1.54, 1.807) is 0 Å². The van der Waals surface area contributed by atoms with Gasteiger partial charge in [0.2, 0.25) is 5.91 Å². The fourth-order valence-corrected chi connectivity index (χ4v) is 2.24. The molecule has 2 aliphatic heterocycles. The molecule has 0 radical (unpaired) electrons. The van der Waals surface area contributed by atoms with E-state index in [1.165, 1.54) is 5.32 Å². The van der Waals surface area contributed by atoms with Crippen LogP contribution in [0, 0.1) is 5.92 Å². The number of ether oxygens (including phenoxy) is 1. The molecular weight excluding hydrogens is 301 g/mol. The van der Waals surface area contributed by atoms with Gasteiger partial charge >= 0.3 is 12.2 Å². The van der Waals surface area contributed by atoms with Crippen molar-refractivity contribution in [2.75, 3.05) is 13.2 Å². The number of carbonyl (C=O) groups is 2. The predicted octanol–water partition coefficient (Wildman–Crippen LogP) is -1.84. The SMILES string of the molecule is O=C1NC(=O)N([C@@H]2O[C@H](CO)[C@@H](O)[C@H]2O)CC1C(F)(F)F. The molecule has 0 aliphatic carbocycles. The van der Waals surface area contributed by atoms with E-state index < -0.39 is 61.7 Å². The molecule has 2 rings (SSSR count). The highest BCUT2D eigenvalue weighted by molar-refractivity contribution is 5.98. The van der Waals surface area contributed by atoms with Crippen molar-refractivity contribution >= 4 is 11.9 Å². The van der Waals surface area contributed by atoms with Crippen LogP contribution in [0.1, 0.15) is 0 Å². The van der Waals surface area contributed by atoms with Crippen LogP contribution in [0.2, 0.25) is 0 Å². The third kappa shape index (κ3) is 2.81. The van der Waals surface area contributed by atoms with Gasteiger partial charge in [0, 0.05) is 6.54 Å². The number of aliphatic hydroxyl groups is 3. The van der Waals surface area contributed by atoms with Crippen molar-refractivity contribution in [1.29, 1.82) is 0 Å². The van der Waals surface area contributed by atoms with Gasteiger partial charge in [0.05, 0.1) is 6.61 Å². The molecule has 2 fully saturated rings. The second-order valence-corrected chi connectivity index (χ2v) is 4.77. The molecule has 0 saturated carbocycles. The van der Waals surface area contributed by atoms with Crippen molar-refractivity contribution in [2.24, 2.45) is 5.92 Å². The Bertz CT molecular complexity index is 445. The molecule has 11 heteroatoms. The first-order valence-electron chi connectivity index (χ1n) is 5.97. The molecule has 3 amide bonds. The number of amides is 3. The Labute approximate surface area is 116 Å². The number of urea groups is 1. The first-order chi connectivity index (χ1) is 9.66. The highest BCUT2D eigenvalue weighted by Crippen LogP contribution is 2.32. The van der Waals surface area contributed by atoms with Crippen LogP contribution in [0.4, 0.5) is 18.0 Å². The summed E-state index contributed by atoms with van der Waals surface area (Å²) >= 11 is 0. The number of nitrogens with zero attached hydrogens (tertiary/aromatic N) is 1. The van der Waals surface area contributed by atoms with E-state index in [2.05, 4.69) is 0 Å². The molecule has 0 aromatic heterocycles. The smallest absolute Gasteiger partial charge is 0.394 e. The average Bonchev–Trinajstić information content (AvgIpc) is 2.65. The molecule has 21 heavy (non-hydrogen) atoms. The Morgan fingerprint density at radius 3 is 2.38 bits per heavy atom. The van der Waals surface area contributed by atoms with Gasteiger partial charge in [-0.2, -0.15) is 13.2 Å². The fourth-order valence-electron chi connectivity index (χ4n) is 2.24. The number of hydrogen-bond acceptors (Lipinski definition) is 6. The lowest BCUT2D eigenvalue weighted by Gasteiger charge is -2.37. The number of aliphatic hydroxyl groups excluding tert-OH is 3. The van der Waals surface area contributed by atoms with Crippen LogP contribution in [0.25, 0.3) is 0 Å². The van der Waals surface area contributed by atoms with E-state index in [9.17, 15) is 33.0 Å². The third-order valence-corrected chi connectivity index (χ3v) is 3.41. The summed E-state index contributed by atoms with van der Waals surface area (Å²) in [6.07, 6.45) is -11.0. The van der Waals surface area contributed by atoms with Crippen molar-refractivity contribution in [3.8, 4) is 0 Å². The zero-order valence-electron chi connectivity index (χ0n) is 10.4. The maximum Gasteiger partial charge on any atom is 0.402 e. The van der Waals surface area contributed by atoms with Gasteiger partial charge in [-0.1, -0.05) is 0 Å². The van der Waals surface area contributed by atoms with Gasteiger partial charge in [0.15, 0.2) is 12.1 Å². The van der Waals surface area contributed by atoms with E-state index in [4.69, 9.17) is 9.84 Å². The first kappa shape index (κ1) is 15.9. The minimum atomic E-state index is -4.87. The Morgan fingerprint density at radius 2 is 1.90 bits per heavy atom. The lowest BCUT2D eigenvalue weighted by molar-refractivity contribution is -0.194. The summed E-state index contributed by atoms with van der Waals surface area (Å²) in [5, 5.41) is 29.7. The molecule has 120 valence electrons. The predicted molar refractivity (Wildman–Crippen MR) is 57.6 cm³/mol. The van der Waals surface area contributed by atoms with Gasteiger partial charge in [-0.25, -0.2) is 4.79 Å². The molecule has 0 aromatic carbocycles. The maximum absolute atomic E-state index is 12.7. The van der Waals surface area contributed by atoms with Crippen LogP contribution < -0.4 is 5.32 Å². The van der Waals surface area contributed by atoms with Gasteiger partial charge in [-0.15, -0.1) is 0 Å². The Hall–Kier alpha value is -1.43. The van der Waals surface area contributed by atoms with Gasteiger partial charge in [-0.05, 0) is 0 Å². The zero-order valence-corrected chi connectivity index (χ0v) is 10.4. The van der Waals surface area contributed by atoms with Crippen LogP contribution in [-0.2, 0) is 9.53 Å². The minimum absolute atomic E-state index is 0.475. The van der Waals surface area contributed by atoms with Crippen LogP contribution in [-0.4, -0.2) is 76.0 Å². The lowest BCUT2D eigenvalue weighted by Crippen LogP contribution is -2.62. The van der Waals surface area contributed by atoms with E-state index in [0.717, 1.165) is 0 Å². The molecule has 5 atom stereocenters. The van der Waals surface area contributed by atoms with Crippen LogP contribution in [0.15, 0.2) is 0 Å². The summed E-state index contributed by atoms with van der Waals surface area (Å²) in [6, 6.07) is -1.17. The number of alkyl halides is 3. The summed E-state index contributed by atoms with van der Waals surface area (Å²) in [5.74, 6) is -3.95. The molecule has 4 N–H and O–H groups in total. The summed E-state index contributed by atoms with van der Waals surface area (Å²) in [6.45, 7) is -1.73. The largest absolute Gasteiger partial charge is 0.402 e. The molecule has 2 aliphatic rings. The summed E-state index contributed by atoms with van der Waals surface area (Å²) in [5.41, 5.74) is 0. The highest BCUT2D eigenvalue weighted by atomic mass is 19.4. The van der Waals surface area contributed by atoms with E-state index in [0.29, 0.717) is 4.90 Å². The van der Waals surface area contributed by atoms with Gasteiger partial charge < -0.3 is 20.1 Å². The number of rotatable bonds is 2. The van der Waals surface area contributed by atoms with Crippen molar-refractivity contribution in [2.45, 2.75) is 30.7 Å². The second-order valence-electron chi connectivity index (χ2n) is 4.77. The Morgan fingerprint density at radius 1 is 1.29 bits per heavy atom. The van der Waals surface area contributed by atoms with Crippen molar-refractivity contribution < 1.29 is 42.8 Å². The number of imide groups is 1. The molecule has 1 unspecified atom stereocenters. The summed E-state index contributed by atoms with van der Waals surface area (Å²) in [4.78, 5) is 23.3. The minimum Gasteiger partial charge on any atom is -0.394 e. The van der Waals surface area contributed by atoms with Crippen LogP contribution in [0.3, 0.4) is 0 Å². The number of nitrogens with one attached hydrogen (secondary N) is 1. The molecule has 2 heterocycles. The quantitative estimate of drug-likeness (QED) is 0.475. The highest BCUT2D eigenvalue weighted by Gasteiger charge is 2.54. The van der Waals surface area contributed by atoms with Crippen LogP contribution in [0.5, 0.6) is 0 Å². The van der Waals surface area contributed by atoms with Crippen LogP contribution >= 0.6 is 0 Å². The Balaban J connectivity index is 2.19. The third-order valence-electron chi connectivity index (χ3n) is 3.41. The second kappa shape index (κ2) is 5.40. The normalized spacial score (nSPS) is 37.8. The molecule has 0 spiro atoms. The van der Waals surface area contributed by atoms with Crippen molar-refractivity contribution in [3.05, 3.63) is 0 Å². The molecule has 0 bridgehead atoms. The zero-order chi connectivity index (χ0) is 15.9. The van der Waals surface area contributed by atoms with Gasteiger partial charge in [0.1, 0.15) is 18.3 Å². The molecule has 8 nitrogen and oxygen atoms in total. The van der Waals surface area contributed by atoms with Crippen molar-refractivity contribution in [3.63, 3.8) is 0 Å². The fraction of sp³-hybridized carbons (Fsp3) is 0.800. The van der Waals surface area contributed by atoms with E-state index >= 15 is 0 Å². The molecular formula is C10H13F3N2O6. The van der Waals surface area contributed by atoms with Gasteiger partial charge in [-0.3, -0.25) is 15.0 Å². The topological polar surface area (TPSA) is 119 Å². The lowest BCUT2D eigenvalue weighted by atomic mass is 10.0.